The molecular formula is C27H27BrN2O7S. The van der Waals surface area contributed by atoms with E-state index in [1.807, 2.05) is 12.1 Å². The second-order valence-electron chi connectivity index (χ2n) is 8.15. The van der Waals surface area contributed by atoms with Crippen LogP contribution in [0, 0.1) is 0 Å². The zero-order chi connectivity index (χ0) is 27.6. The molecule has 0 radical (unpaired) electrons. The first-order valence-electron chi connectivity index (χ1n) is 11.6. The number of aromatic nitrogens is 1. The van der Waals surface area contributed by atoms with Crippen LogP contribution in [0.4, 0.5) is 0 Å². The maximum atomic E-state index is 13.9. The molecule has 3 aromatic rings. The van der Waals surface area contributed by atoms with Gasteiger partial charge in [-0.3, -0.25) is 9.36 Å². The molecule has 0 fully saturated rings. The normalized spacial score (nSPS) is 15.0. The number of benzene rings is 2. The minimum Gasteiger partial charge on any atom is -0.496 e. The molecule has 0 N–H and O–H groups in total. The number of hydrogen-bond acceptors (Lipinski definition) is 9. The molecule has 1 atom stereocenters. The fourth-order valence-electron chi connectivity index (χ4n) is 4.27. The molecule has 0 unspecified atom stereocenters. The predicted octanol–water partition coefficient (Wildman–Crippen LogP) is 3.60. The molecule has 0 saturated carbocycles. The van der Waals surface area contributed by atoms with E-state index in [0.717, 1.165) is 0 Å². The fraction of sp³-hybridized carbons (Fsp3) is 0.296. The molecule has 200 valence electrons. The van der Waals surface area contributed by atoms with Gasteiger partial charge in [-0.1, -0.05) is 17.4 Å². The van der Waals surface area contributed by atoms with Crippen LogP contribution in [0.15, 0.2) is 55.9 Å². The third-order valence-corrected chi connectivity index (χ3v) is 7.63. The molecular weight excluding hydrogens is 576 g/mol. The number of halogens is 1. The highest BCUT2D eigenvalue weighted by atomic mass is 79.9. The maximum Gasteiger partial charge on any atom is 0.338 e. The van der Waals surface area contributed by atoms with Crippen molar-refractivity contribution in [3.63, 3.8) is 0 Å². The monoisotopic (exact) mass is 602 g/mol. The summed E-state index contributed by atoms with van der Waals surface area (Å²) in [4.78, 5) is 32.1. The van der Waals surface area contributed by atoms with Crippen LogP contribution >= 0.6 is 27.3 Å². The Balaban J connectivity index is 1.98. The number of carbonyl (C=O) groups excluding carboxylic acids is 1. The van der Waals surface area contributed by atoms with E-state index >= 15 is 0 Å². The molecule has 2 aromatic carbocycles. The van der Waals surface area contributed by atoms with Crippen molar-refractivity contribution in [3.8, 4) is 23.0 Å². The lowest BCUT2D eigenvalue weighted by Crippen LogP contribution is -2.40. The Morgan fingerprint density at radius 1 is 1.03 bits per heavy atom. The van der Waals surface area contributed by atoms with Crippen molar-refractivity contribution < 1.29 is 28.5 Å². The molecule has 0 spiro atoms. The van der Waals surface area contributed by atoms with E-state index in [-0.39, 0.29) is 12.2 Å². The van der Waals surface area contributed by atoms with Gasteiger partial charge in [0.1, 0.15) is 11.5 Å². The molecule has 1 aliphatic heterocycles. The Hall–Kier alpha value is -3.57. The van der Waals surface area contributed by atoms with Crippen LogP contribution < -0.4 is 33.8 Å². The lowest BCUT2D eigenvalue weighted by molar-refractivity contribution is -0.139. The number of allylic oxidation sites excluding steroid dienone is 1. The predicted molar refractivity (Wildman–Crippen MR) is 147 cm³/mol. The average molecular weight is 603 g/mol. The van der Waals surface area contributed by atoms with Gasteiger partial charge in [-0.15, -0.1) is 0 Å². The number of rotatable bonds is 8. The molecule has 0 bridgehead atoms. The molecule has 11 heteroatoms. The third-order valence-electron chi connectivity index (χ3n) is 6.03. The summed E-state index contributed by atoms with van der Waals surface area (Å²) in [7, 11) is 6.18. The quantitative estimate of drug-likeness (QED) is 0.363. The summed E-state index contributed by atoms with van der Waals surface area (Å²) in [6.07, 6.45) is 1.72. The summed E-state index contributed by atoms with van der Waals surface area (Å²) in [5.41, 5.74) is 1.80. The molecule has 0 aliphatic carbocycles. The van der Waals surface area contributed by atoms with Crippen LogP contribution in [0.3, 0.4) is 0 Å². The Morgan fingerprint density at radius 2 is 1.68 bits per heavy atom. The minimum atomic E-state index is -0.748. The standard InChI is InChI=1S/C27H27BrN2O7S/c1-7-37-26(32)23-14(2)29-27-30(24(23)15-8-9-18(33-3)17(28)10-15)25(31)22(38-27)12-16-11-20(35-5)21(36-6)13-19(16)34-4/h8-13,24H,7H2,1-6H3/b22-12+/t24-/m1/s1. The Morgan fingerprint density at radius 3 is 2.29 bits per heavy atom. The van der Waals surface area contributed by atoms with Crippen LogP contribution in [0.25, 0.3) is 6.08 Å². The number of thiazole rings is 1. The molecule has 2 heterocycles. The van der Waals surface area contributed by atoms with E-state index in [2.05, 4.69) is 20.9 Å². The van der Waals surface area contributed by atoms with Crippen molar-refractivity contribution in [1.29, 1.82) is 0 Å². The second-order valence-corrected chi connectivity index (χ2v) is 10.0. The van der Waals surface area contributed by atoms with Gasteiger partial charge in [0.25, 0.3) is 5.56 Å². The van der Waals surface area contributed by atoms with Crippen molar-refractivity contribution in [1.82, 2.24) is 4.57 Å². The second kappa shape index (κ2) is 11.4. The summed E-state index contributed by atoms with van der Waals surface area (Å²) in [6.45, 7) is 3.67. The van der Waals surface area contributed by atoms with E-state index in [4.69, 9.17) is 23.7 Å². The number of esters is 1. The van der Waals surface area contributed by atoms with Crippen molar-refractivity contribution in [3.05, 3.63) is 76.9 Å². The first kappa shape index (κ1) is 27.5. The van der Waals surface area contributed by atoms with E-state index in [1.54, 1.807) is 45.2 Å². The Bertz CT molecular complexity index is 1610. The van der Waals surface area contributed by atoms with Crippen molar-refractivity contribution in [2.24, 2.45) is 4.99 Å². The number of nitrogens with zero attached hydrogens (tertiary/aromatic N) is 2. The largest absolute Gasteiger partial charge is 0.496 e. The van der Waals surface area contributed by atoms with Gasteiger partial charge in [-0.25, -0.2) is 9.79 Å². The first-order chi connectivity index (χ1) is 18.3. The average Bonchev–Trinajstić information content (AvgIpc) is 3.21. The summed E-state index contributed by atoms with van der Waals surface area (Å²) in [6, 6.07) is 8.12. The van der Waals surface area contributed by atoms with Gasteiger partial charge in [0, 0.05) is 11.6 Å². The summed E-state index contributed by atoms with van der Waals surface area (Å²) in [5.74, 6) is 1.60. The number of hydrogen-bond donors (Lipinski definition) is 0. The lowest BCUT2D eigenvalue weighted by atomic mass is 9.96. The minimum absolute atomic E-state index is 0.193. The van der Waals surface area contributed by atoms with E-state index in [1.165, 1.54) is 37.2 Å². The molecule has 1 aromatic heterocycles. The zero-order valence-electron chi connectivity index (χ0n) is 21.8. The molecule has 9 nitrogen and oxygen atoms in total. The van der Waals surface area contributed by atoms with E-state index in [9.17, 15) is 9.59 Å². The van der Waals surface area contributed by atoms with Gasteiger partial charge in [0.15, 0.2) is 16.3 Å². The van der Waals surface area contributed by atoms with Crippen LogP contribution in [-0.4, -0.2) is 45.6 Å². The lowest BCUT2D eigenvalue weighted by Gasteiger charge is -2.25. The number of ether oxygens (including phenoxy) is 5. The van der Waals surface area contributed by atoms with Crippen LogP contribution in [0.1, 0.15) is 31.0 Å². The number of fused-ring (bicyclic) bond motifs is 1. The van der Waals surface area contributed by atoms with Gasteiger partial charge in [0.2, 0.25) is 0 Å². The van der Waals surface area contributed by atoms with Gasteiger partial charge in [0.05, 0.1) is 61.4 Å². The van der Waals surface area contributed by atoms with Crippen LogP contribution in [0.5, 0.6) is 23.0 Å². The molecule has 38 heavy (non-hydrogen) atoms. The number of carbonyl (C=O) groups is 1. The van der Waals surface area contributed by atoms with Gasteiger partial charge in [-0.2, -0.15) is 0 Å². The van der Waals surface area contributed by atoms with Gasteiger partial charge < -0.3 is 23.7 Å². The van der Waals surface area contributed by atoms with Crippen molar-refractivity contribution in [2.45, 2.75) is 19.9 Å². The molecule has 0 amide bonds. The summed E-state index contributed by atoms with van der Waals surface area (Å²) >= 11 is 4.74. The highest BCUT2D eigenvalue weighted by molar-refractivity contribution is 9.10. The van der Waals surface area contributed by atoms with Gasteiger partial charge in [-0.05, 0) is 59.6 Å². The smallest absolute Gasteiger partial charge is 0.338 e. The SMILES string of the molecule is CCOC(=O)C1=C(C)N=c2s/c(=C/c3cc(OC)c(OC)cc3OC)c(=O)n2[C@@H]1c1ccc(OC)c(Br)c1. The van der Waals surface area contributed by atoms with Crippen LogP contribution in [0.2, 0.25) is 0 Å². The topological polar surface area (TPSA) is 97.6 Å². The van der Waals surface area contributed by atoms with Gasteiger partial charge >= 0.3 is 5.97 Å². The van der Waals surface area contributed by atoms with Crippen molar-refractivity contribution in [2.75, 3.05) is 35.0 Å². The van der Waals surface area contributed by atoms with Crippen LogP contribution in [-0.2, 0) is 9.53 Å². The third kappa shape index (κ3) is 4.95. The summed E-state index contributed by atoms with van der Waals surface area (Å²) in [5, 5.41) is 0. The highest BCUT2D eigenvalue weighted by Crippen LogP contribution is 2.36. The fourth-order valence-corrected chi connectivity index (χ4v) is 5.86. The van der Waals surface area contributed by atoms with Crippen molar-refractivity contribution >= 4 is 39.3 Å². The maximum absolute atomic E-state index is 13.9. The molecule has 4 rings (SSSR count). The number of methoxy groups -OCH3 is 4. The zero-order valence-corrected chi connectivity index (χ0v) is 24.2. The van der Waals surface area contributed by atoms with E-state index < -0.39 is 12.0 Å². The van der Waals surface area contributed by atoms with E-state index in [0.29, 0.717) is 59.2 Å². The first-order valence-corrected chi connectivity index (χ1v) is 13.2. The molecule has 1 aliphatic rings. The Labute approximate surface area is 231 Å². The summed E-state index contributed by atoms with van der Waals surface area (Å²) < 4.78 is 29.7. The Kier molecular flexibility index (Phi) is 8.27. The molecule has 0 saturated heterocycles. The highest BCUT2D eigenvalue weighted by Gasteiger charge is 2.33.